The van der Waals surface area contributed by atoms with Gasteiger partial charge in [-0.05, 0) is 38.0 Å². The molecule has 0 saturated heterocycles. The molecule has 3 nitrogen and oxygen atoms in total. The van der Waals surface area contributed by atoms with Crippen LogP contribution in [0.5, 0.6) is 0 Å². The minimum atomic E-state index is -0.196. The number of hydrogen-bond donors (Lipinski definition) is 2. The zero-order chi connectivity index (χ0) is 12.5. The largest absolute Gasteiger partial charge is 0.357 e. The summed E-state index contributed by atoms with van der Waals surface area (Å²) >= 11 is 0. The molecule has 1 aromatic carbocycles. The highest BCUT2D eigenvalue weighted by Crippen LogP contribution is 2.03. The van der Waals surface area contributed by atoms with Gasteiger partial charge in [0.05, 0.1) is 0 Å². The summed E-state index contributed by atoms with van der Waals surface area (Å²) in [4.78, 5) is 4.42. The molecule has 1 rings (SSSR count). The van der Waals surface area contributed by atoms with E-state index in [1.165, 1.54) is 12.1 Å². The third-order valence-electron chi connectivity index (χ3n) is 2.27. The number of benzene rings is 1. The molecule has 102 valence electrons. The van der Waals surface area contributed by atoms with E-state index in [2.05, 4.69) is 15.6 Å². The molecule has 0 heterocycles. The van der Waals surface area contributed by atoms with Gasteiger partial charge in [-0.15, -0.1) is 24.0 Å². The lowest BCUT2D eigenvalue weighted by molar-refractivity contribution is 0.627. The molecule has 0 bridgehead atoms. The first-order valence-corrected chi connectivity index (χ1v) is 6.03. The number of rotatable bonds is 5. The molecule has 0 aliphatic heterocycles. The van der Waals surface area contributed by atoms with E-state index in [4.69, 9.17) is 0 Å². The fourth-order valence-corrected chi connectivity index (χ4v) is 1.46. The first-order chi connectivity index (χ1) is 8.26. The second-order valence-electron chi connectivity index (χ2n) is 3.67. The van der Waals surface area contributed by atoms with Crippen molar-refractivity contribution in [1.82, 2.24) is 10.6 Å². The number of halogens is 2. The average molecular weight is 365 g/mol. The van der Waals surface area contributed by atoms with Gasteiger partial charge in [0.2, 0.25) is 0 Å². The summed E-state index contributed by atoms with van der Waals surface area (Å²) in [7, 11) is 0. The van der Waals surface area contributed by atoms with Gasteiger partial charge in [0.25, 0.3) is 0 Å². The predicted octanol–water partition coefficient (Wildman–Crippen LogP) is 2.56. The summed E-state index contributed by atoms with van der Waals surface area (Å²) in [6.07, 6.45) is 0.820. The highest BCUT2D eigenvalue weighted by molar-refractivity contribution is 14.0. The van der Waals surface area contributed by atoms with Crippen LogP contribution in [0.3, 0.4) is 0 Å². The first-order valence-electron chi connectivity index (χ1n) is 6.03. The van der Waals surface area contributed by atoms with Gasteiger partial charge in [0.15, 0.2) is 5.96 Å². The second kappa shape index (κ2) is 10.1. The monoisotopic (exact) mass is 365 g/mol. The van der Waals surface area contributed by atoms with E-state index in [9.17, 15) is 4.39 Å². The lowest BCUT2D eigenvalue weighted by atomic mass is 10.1. The molecule has 5 heteroatoms. The van der Waals surface area contributed by atoms with Crippen molar-refractivity contribution in [1.29, 1.82) is 0 Å². The van der Waals surface area contributed by atoms with Crippen LogP contribution in [0.1, 0.15) is 19.4 Å². The smallest absolute Gasteiger partial charge is 0.191 e. The Morgan fingerprint density at radius 2 is 1.67 bits per heavy atom. The number of aliphatic imine (C=N–C) groups is 1. The normalized spacial score (nSPS) is 9.28. The van der Waals surface area contributed by atoms with Gasteiger partial charge in [-0.1, -0.05) is 12.1 Å². The van der Waals surface area contributed by atoms with Crippen LogP contribution in [0.2, 0.25) is 0 Å². The fourth-order valence-electron chi connectivity index (χ4n) is 1.46. The Kier molecular flexibility index (Phi) is 9.63. The Labute approximate surface area is 125 Å². The molecule has 0 spiro atoms. The Bertz CT molecular complexity index is 344. The zero-order valence-corrected chi connectivity index (χ0v) is 13.2. The van der Waals surface area contributed by atoms with Gasteiger partial charge in [-0.2, -0.15) is 0 Å². The average Bonchev–Trinajstić information content (AvgIpc) is 2.32. The molecule has 0 saturated carbocycles. The van der Waals surface area contributed by atoms with Gasteiger partial charge in [0.1, 0.15) is 5.82 Å². The van der Waals surface area contributed by atoms with Crippen LogP contribution in [0, 0.1) is 5.82 Å². The highest BCUT2D eigenvalue weighted by Gasteiger charge is 1.96. The van der Waals surface area contributed by atoms with Crippen LogP contribution in [0.25, 0.3) is 0 Å². The molecule has 0 aliphatic carbocycles. The van der Waals surface area contributed by atoms with E-state index < -0.39 is 0 Å². The van der Waals surface area contributed by atoms with Crippen molar-refractivity contribution in [2.24, 2.45) is 4.99 Å². The number of nitrogens with zero attached hydrogens (tertiary/aromatic N) is 1. The Balaban J connectivity index is 0.00000289. The summed E-state index contributed by atoms with van der Waals surface area (Å²) in [5.41, 5.74) is 1.10. The maximum absolute atomic E-state index is 12.7. The van der Waals surface area contributed by atoms with Crippen molar-refractivity contribution in [2.75, 3.05) is 19.6 Å². The molecule has 0 amide bonds. The maximum Gasteiger partial charge on any atom is 0.191 e. The van der Waals surface area contributed by atoms with Gasteiger partial charge < -0.3 is 10.6 Å². The van der Waals surface area contributed by atoms with Gasteiger partial charge >= 0.3 is 0 Å². The lowest BCUT2D eigenvalue weighted by Gasteiger charge is -2.08. The van der Waals surface area contributed by atoms with E-state index in [0.29, 0.717) is 6.54 Å². The van der Waals surface area contributed by atoms with Crippen LogP contribution < -0.4 is 10.6 Å². The topological polar surface area (TPSA) is 36.4 Å². The quantitative estimate of drug-likeness (QED) is 0.478. The minimum Gasteiger partial charge on any atom is -0.357 e. The number of guanidine groups is 1. The summed E-state index contributed by atoms with van der Waals surface area (Å²) in [6, 6.07) is 6.55. The van der Waals surface area contributed by atoms with E-state index in [0.717, 1.165) is 31.0 Å². The van der Waals surface area contributed by atoms with Crippen molar-refractivity contribution in [3.8, 4) is 0 Å². The third kappa shape index (κ3) is 6.78. The standard InChI is InChI=1S/C13H20FN3.HI/c1-3-15-13(16-4-2)17-10-9-11-5-7-12(14)8-6-11;/h5-8H,3-4,9-10H2,1-2H3,(H2,15,16,17);1H. The fraction of sp³-hybridized carbons (Fsp3) is 0.462. The number of nitrogens with one attached hydrogen (secondary N) is 2. The first kappa shape index (κ1) is 17.2. The van der Waals surface area contributed by atoms with E-state index in [1.807, 2.05) is 13.8 Å². The summed E-state index contributed by atoms with van der Waals surface area (Å²) in [5, 5.41) is 6.32. The molecule has 1 aromatic rings. The number of hydrogen-bond acceptors (Lipinski definition) is 1. The molecule has 2 N–H and O–H groups in total. The summed E-state index contributed by atoms with van der Waals surface area (Å²) in [6.45, 7) is 6.46. The van der Waals surface area contributed by atoms with Crippen molar-refractivity contribution in [3.63, 3.8) is 0 Å². The van der Waals surface area contributed by atoms with Gasteiger partial charge in [0, 0.05) is 19.6 Å². The van der Waals surface area contributed by atoms with Crippen LogP contribution in [0.15, 0.2) is 29.3 Å². The Hall–Kier alpha value is -0.850. The molecular weight excluding hydrogens is 344 g/mol. The lowest BCUT2D eigenvalue weighted by Crippen LogP contribution is -2.37. The van der Waals surface area contributed by atoms with Crippen LogP contribution >= 0.6 is 24.0 Å². The minimum absolute atomic E-state index is 0. The van der Waals surface area contributed by atoms with E-state index >= 15 is 0 Å². The molecule has 0 fully saturated rings. The van der Waals surface area contributed by atoms with Crippen LogP contribution in [-0.2, 0) is 6.42 Å². The maximum atomic E-state index is 12.7. The van der Waals surface area contributed by atoms with E-state index in [-0.39, 0.29) is 29.8 Å². The third-order valence-corrected chi connectivity index (χ3v) is 2.27. The van der Waals surface area contributed by atoms with Crippen LogP contribution in [0.4, 0.5) is 4.39 Å². The van der Waals surface area contributed by atoms with E-state index in [1.54, 1.807) is 12.1 Å². The molecule has 0 radical (unpaired) electrons. The van der Waals surface area contributed by atoms with Crippen molar-refractivity contribution >= 4 is 29.9 Å². The molecule has 0 aliphatic rings. The molecule has 18 heavy (non-hydrogen) atoms. The molecule has 0 unspecified atom stereocenters. The van der Waals surface area contributed by atoms with Gasteiger partial charge in [-0.25, -0.2) is 4.39 Å². The zero-order valence-electron chi connectivity index (χ0n) is 10.9. The second-order valence-corrected chi connectivity index (χ2v) is 3.67. The molecular formula is C13H21FIN3. The predicted molar refractivity (Wildman–Crippen MR) is 85.2 cm³/mol. The van der Waals surface area contributed by atoms with Crippen molar-refractivity contribution in [2.45, 2.75) is 20.3 Å². The van der Waals surface area contributed by atoms with Crippen molar-refractivity contribution < 1.29 is 4.39 Å². The molecule has 0 aromatic heterocycles. The molecule has 0 atom stereocenters. The summed E-state index contributed by atoms with van der Waals surface area (Å²) in [5.74, 6) is 0.635. The Morgan fingerprint density at radius 3 is 2.17 bits per heavy atom. The Morgan fingerprint density at radius 1 is 1.11 bits per heavy atom. The van der Waals surface area contributed by atoms with Crippen LogP contribution in [-0.4, -0.2) is 25.6 Å². The highest BCUT2D eigenvalue weighted by atomic mass is 127. The van der Waals surface area contributed by atoms with Gasteiger partial charge in [-0.3, -0.25) is 4.99 Å². The van der Waals surface area contributed by atoms with Crippen molar-refractivity contribution in [3.05, 3.63) is 35.6 Å². The SMILES string of the molecule is CCNC(=NCCc1ccc(F)cc1)NCC.I. The summed E-state index contributed by atoms with van der Waals surface area (Å²) < 4.78 is 12.7.